The van der Waals surface area contributed by atoms with Gasteiger partial charge in [0.2, 0.25) is 0 Å². The molecule has 0 amide bonds. The molecule has 0 aromatic heterocycles. The fourth-order valence-corrected chi connectivity index (χ4v) is 3.07. The molecule has 0 aliphatic heterocycles. The zero-order valence-corrected chi connectivity index (χ0v) is 11.1. The first kappa shape index (κ1) is 11.2. The summed E-state index contributed by atoms with van der Waals surface area (Å²) in [6, 6.07) is 10.7. The summed E-state index contributed by atoms with van der Waals surface area (Å²) < 4.78 is 1.42. The lowest BCUT2D eigenvalue weighted by Crippen LogP contribution is -2.02. The monoisotopic (exact) mass is 312 g/mol. The van der Waals surface area contributed by atoms with Gasteiger partial charge in [-0.2, -0.15) is 0 Å². The minimum Gasteiger partial charge on any atom is -0.0674 e. The van der Waals surface area contributed by atoms with Crippen molar-refractivity contribution in [1.82, 2.24) is 0 Å². The van der Waals surface area contributed by atoms with Crippen LogP contribution in [0.25, 0.3) is 3.58 Å². The molecule has 0 atom stereocenters. The Hall–Kier alpha value is -0.310. The summed E-state index contributed by atoms with van der Waals surface area (Å²) in [6.07, 6.45) is 9.51. The fraction of sp³-hybridized carbons (Fsp3) is 0.429. The van der Waals surface area contributed by atoms with Crippen molar-refractivity contribution in [3.63, 3.8) is 0 Å². The van der Waals surface area contributed by atoms with Gasteiger partial charge in [0, 0.05) is 3.58 Å². The van der Waals surface area contributed by atoms with Gasteiger partial charge in [0.05, 0.1) is 0 Å². The normalized spacial score (nSPS) is 19.1. The molecule has 1 heteroatoms. The van der Waals surface area contributed by atoms with Crippen LogP contribution in [-0.4, -0.2) is 0 Å². The molecule has 0 saturated heterocycles. The van der Waals surface area contributed by atoms with E-state index >= 15 is 0 Å². The molecular weight excluding hydrogens is 295 g/mol. The second-order valence-electron chi connectivity index (χ2n) is 4.28. The van der Waals surface area contributed by atoms with Crippen LogP contribution in [0, 0.1) is 5.92 Å². The van der Waals surface area contributed by atoms with Gasteiger partial charge < -0.3 is 0 Å². The third-order valence-corrected chi connectivity index (χ3v) is 4.06. The van der Waals surface area contributed by atoms with E-state index in [1.807, 2.05) is 0 Å². The van der Waals surface area contributed by atoms with Crippen LogP contribution in [-0.2, 0) is 0 Å². The lowest BCUT2D eigenvalue weighted by atomic mass is 9.89. The molecule has 1 aromatic rings. The van der Waals surface area contributed by atoms with Crippen LogP contribution in [0.4, 0.5) is 0 Å². The van der Waals surface area contributed by atoms with Crippen molar-refractivity contribution in [1.29, 1.82) is 0 Å². The number of hydrogen-bond acceptors (Lipinski definition) is 0. The molecule has 0 N–H and O–H groups in total. The highest BCUT2D eigenvalue weighted by Crippen LogP contribution is 2.30. The summed E-state index contributed by atoms with van der Waals surface area (Å²) in [5.74, 6) is 0.825. The van der Waals surface area contributed by atoms with Gasteiger partial charge >= 0.3 is 0 Å². The number of hydrogen-bond donors (Lipinski definition) is 0. The van der Waals surface area contributed by atoms with Crippen LogP contribution in [0.1, 0.15) is 37.7 Å². The van der Waals surface area contributed by atoms with Crippen LogP contribution >= 0.6 is 22.6 Å². The maximum absolute atomic E-state index is 2.47. The van der Waals surface area contributed by atoms with E-state index in [2.05, 4.69) is 59.0 Å². The van der Waals surface area contributed by atoms with Crippen molar-refractivity contribution >= 4 is 26.2 Å². The van der Waals surface area contributed by atoms with E-state index in [0.717, 1.165) is 5.92 Å². The Labute approximate surface area is 106 Å². The fourth-order valence-electron chi connectivity index (χ4n) is 2.20. The number of allylic oxidation sites excluding steroid dienone is 1. The first-order valence-electron chi connectivity index (χ1n) is 5.79. The Bertz CT molecular complexity index is 320. The standard InChI is InChI=1S/C14H17I/c15-14(13-9-5-2-6-10-13)11-12-7-3-1-4-8-12/h2,5-6,9-12H,1,3-4,7-8H2/b14-11-. The smallest absolute Gasteiger partial charge is 0.0165 e. The molecule has 1 aliphatic carbocycles. The summed E-state index contributed by atoms with van der Waals surface area (Å²) in [6.45, 7) is 0. The van der Waals surface area contributed by atoms with Crippen LogP contribution in [0.3, 0.4) is 0 Å². The Kier molecular flexibility index (Phi) is 4.24. The molecule has 0 spiro atoms. The molecule has 15 heavy (non-hydrogen) atoms. The highest BCUT2D eigenvalue weighted by molar-refractivity contribution is 14.1. The molecule has 1 fully saturated rings. The van der Waals surface area contributed by atoms with Crippen molar-refractivity contribution in [2.24, 2.45) is 5.92 Å². The van der Waals surface area contributed by atoms with E-state index in [0.29, 0.717) is 0 Å². The van der Waals surface area contributed by atoms with E-state index in [4.69, 9.17) is 0 Å². The lowest BCUT2D eigenvalue weighted by Gasteiger charge is -2.18. The predicted octanol–water partition coefficient (Wildman–Crippen LogP) is 5.04. The number of rotatable bonds is 2. The third kappa shape index (κ3) is 3.33. The van der Waals surface area contributed by atoms with Crippen molar-refractivity contribution in [3.05, 3.63) is 42.0 Å². The zero-order valence-electron chi connectivity index (χ0n) is 8.95. The van der Waals surface area contributed by atoms with E-state index in [9.17, 15) is 0 Å². The van der Waals surface area contributed by atoms with Crippen molar-refractivity contribution in [2.75, 3.05) is 0 Å². The lowest BCUT2D eigenvalue weighted by molar-refractivity contribution is 0.420. The molecule has 80 valence electrons. The third-order valence-electron chi connectivity index (χ3n) is 3.08. The van der Waals surface area contributed by atoms with E-state index < -0.39 is 0 Å². The quantitative estimate of drug-likeness (QED) is 0.671. The first-order chi connectivity index (χ1) is 7.36. The molecule has 1 aliphatic rings. The van der Waals surface area contributed by atoms with Crippen molar-refractivity contribution < 1.29 is 0 Å². The minimum absolute atomic E-state index is 0.825. The summed E-state index contributed by atoms with van der Waals surface area (Å²) in [5.41, 5.74) is 1.36. The SMILES string of the molecule is I/C(=C\C1CCCCC1)c1ccccc1. The van der Waals surface area contributed by atoms with Crippen LogP contribution in [0.5, 0.6) is 0 Å². The first-order valence-corrected chi connectivity index (χ1v) is 6.87. The summed E-state index contributed by atoms with van der Waals surface area (Å²) >= 11 is 2.47. The van der Waals surface area contributed by atoms with Gasteiger partial charge in [0.25, 0.3) is 0 Å². The van der Waals surface area contributed by atoms with Crippen LogP contribution in [0.2, 0.25) is 0 Å². The van der Waals surface area contributed by atoms with Gasteiger partial charge in [-0.05, 0) is 46.9 Å². The highest BCUT2D eigenvalue weighted by atomic mass is 127. The second-order valence-corrected chi connectivity index (χ2v) is 5.44. The van der Waals surface area contributed by atoms with Gasteiger partial charge in [0.15, 0.2) is 0 Å². The van der Waals surface area contributed by atoms with Gasteiger partial charge in [-0.25, -0.2) is 0 Å². The molecule has 0 radical (unpaired) electrons. The molecule has 0 heterocycles. The molecular formula is C14H17I. The minimum atomic E-state index is 0.825. The Morgan fingerprint density at radius 3 is 2.40 bits per heavy atom. The number of benzene rings is 1. The zero-order chi connectivity index (χ0) is 10.5. The van der Waals surface area contributed by atoms with Crippen LogP contribution < -0.4 is 0 Å². The molecule has 0 nitrogen and oxygen atoms in total. The van der Waals surface area contributed by atoms with Gasteiger partial charge in [-0.1, -0.05) is 55.7 Å². The number of halogens is 1. The topological polar surface area (TPSA) is 0 Å². The summed E-state index contributed by atoms with van der Waals surface area (Å²) in [5, 5.41) is 0. The maximum Gasteiger partial charge on any atom is 0.0165 e. The average Bonchev–Trinajstić information content (AvgIpc) is 2.31. The van der Waals surface area contributed by atoms with E-state index in [-0.39, 0.29) is 0 Å². The Balaban J connectivity index is 2.06. The summed E-state index contributed by atoms with van der Waals surface area (Å²) in [7, 11) is 0. The maximum atomic E-state index is 2.47. The van der Waals surface area contributed by atoms with Crippen molar-refractivity contribution in [2.45, 2.75) is 32.1 Å². The Morgan fingerprint density at radius 1 is 1.07 bits per heavy atom. The predicted molar refractivity (Wildman–Crippen MR) is 75.0 cm³/mol. The largest absolute Gasteiger partial charge is 0.0674 e. The molecule has 1 aromatic carbocycles. The Morgan fingerprint density at radius 2 is 1.73 bits per heavy atom. The average molecular weight is 312 g/mol. The highest BCUT2D eigenvalue weighted by Gasteiger charge is 2.11. The van der Waals surface area contributed by atoms with Gasteiger partial charge in [-0.15, -0.1) is 0 Å². The second kappa shape index (κ2) is 5.69. The molecule has 1 saturated carbocycles. The molecule has 0 bridgehead atoms. The van der Waals surface area contributed by atoms with E-state index in [1.54, 1.807) is 0 Å². The van der Waals surface area contributed by atoms with Crippen molar-refractivity contribution in [3.8, 4) is 0 Å². The van der Waals surface area contributed by atoms with Gasteiger partial charge in [0.1, 0.15) is 0 Å². The molecule has 2 rings (SSSR count). The van der Waals surface area contributed by atoms with Gasteiger partial charge in [-0.3, -0.25) is 0 Å². The van der Waals surface area contributed by atoms with Crippen LogP contribution in [0.15, 0.2) is 36.4 Å². The summed E-state index contributed by atoms with van der Waals surface area (Å²) in [4.78, 5) is 0. The van der Waals surface area contributed by atoms with E-state index in [1.165, 1.54) is 41.2 Å². The molecule has 0 unspecified atom stereocenters.